The van der Waals surface area contributed by atoms with E-state index in [0.29, 0.717) is 6.42 Å². The first-order valence-electron chi connectivity index (χ1n) is 47.9. The second-order valence-corrected chi connectivity index (χ2v) is 34.6. The first-order valence-corrected chi connectivity index (χ1v) is 47.9. The van der Waals surface area contributed by atoms with Gasteiger partial charge in [-0.05, 0) is 19.3 Å². The molecule has 19 nitrogen and oxygen atoms in total. The van der Waals surface area contributed by atoms with Crippen LogP contribution >= 0.6 is 0 Å². The van der Waals surface area contributed by atoms with E-state index in [1.54, 1.807) is 6.08 Å². The van der Waals surface area contributed by atoms with E-state index in [-0.39, 0.29) is 18.9 Å². The van der Waals surface area contributed by atoms with Crippen LogP contribution < -0.4 is 5.32 Å². The number of rotatable bonds is 80. The summed E-state index contributed by atoms with van der Waals surface area (Å²) >= 11 is 0. The zero-order valence-electron chi connectivity index (χ0n) is 72.0. The molecule has 0 aromatic rings. The Kier molecular flexibility index (Phi) is 68.7. The van der Waals surface area contributed by atoms with Gasteiger partial charge in [-0.3, -0.25) is 4.79 Å². The van der Waals surface area contributed by atoms with E-state index >= 15 is 0 Å². The molecule has 1 amide bonds. The third kappa shape index (κ3) is 51.2. The van der Waals surface area contributed by atoms with Crippen LogP contribution in [0.3, 0.4) is 0 Å². The summed E-state index contributed by atoms with van der Waals surface area (Å²) in [6, 6.07) is -0.972. The fourth-order valence-corrected chi connectivity index (χ4v) is 16.7. The lowest BCUT2D eigenvalue weighted by atomic mass is 9.96. The maximum absolute atomic E-state index is 13.5. The summed E-state index contributed by atoms with van der Waals surface area (Å²) in [5, 5.41) is 121. The largest absolute Gasteiger partial charge is 0.394 e. The number of hydrogen-bond donors (Lipinski definition) is 12. The molecule has 3 heterocycles. The van der Waals surface area contributed by atoms with Crippen LogP contribution in [0, 0.1) is 0 Å². The third-order valence-electron chi connectivity index (χ3n) is 24.3. The second kappa shape index (κ2) is 73.5. The highest BCUT2D eigenvalue weighted by Gasteiger charge is 2.54. The molecular formula is C93H179NO18. The quantitative estimate of drug-likeness (QED) is 0.0199. The average Bonchev–Trinajstić information content (AvgIpc) is 0.781. The summed E-state index contributed by atoms with van der Waals surface area (Å²) < 4.78 is 34.6. The SMILES string of the molecule is CCCCCCCCCCCCCCCCCCCCCCCCCCCCCC/C=C/C(O)C(COC1OC(CO)C(OC2OC(CO)C(OC3OC(CO)C(O)C(O)C3O)C(O)C2O)C(O)C1O)NC(=O)CCCCCCCCCCCCCCCCCCCCCCCCCCCCCCCCCCCCCCC. The molecule has 12 N–H and O–H groups in total. The number of unbranched alkanes of at least 4 members (excludes halogenated alkanes) is 64. The molecule has 0 bridgehead atoms. The van der Waals surface area contributed by atoms with Gasteiger partial charge in [-0.25, -0.2) is 0 Å². The van der Waals surface area contributed by atoms with Gasteiger partial charge in [-0.2, -0.15) is 0 Å². The van der Waals surface area contributed by atoms with Crippen LogP contribution in [0.5, 0.6) is 0 Å². The zero-order valence-corrected chi connectivity index (χ0v) is 72.0. The number of nitrogens with one attached hydrogen (secondary N) is 1. The standard InChI is InChI=1S/C93H179NO18/c1-3-5-7-9-11-13-15-17-19-21-23-25-27-29-31-33-35-36-37-38-39-40-41-43-45-47-49-51-53-55-57-59-61-63-65-67-69-71-81(99)94-76(77(98)70-68-66-64-62-60-58-56-54-52-50-48-46-44-42-34-32-30-28-26-24-22-20-18-16-14-12-10-8-6-4-2)75-107-91-87(105)84(102)89(79(73-96)109-91)112-93-88(106)85(103)90(80(74-97)110-93)111-92-86(104)83(101)82(100)78(72-95)108-92/h68,70,76-80,82-93,95-98,100-106H,3-67,69,71-75H2,1-2H3,(H,94,99)/b70-68+. The van der Waals surface area contributed by atoms with Crippen molar-refractivity contribution in [3.8, 4) is 0 Å². The minimum atomic E-state index is -1.98. The van der Waals surface area contributed by atoms with Crippen molar-refractivity contribution in [3.05, 3.63) is 12.2 Å². The summed E-state index contributed by atoms with van der Waals surface area (Å²) in [7, 11) is 0. The van der Waals surface area contributed by atoms with Crippen molar-refractivity contribution in [2.45, 2.75) is 548 Å². The Morgan fingerprint density at radius 2 is 0.554 bits per heavy atom. The van der Waals surface area contributed by atoms with Gasteiger partial charge in [0.05, 0.1) is 38.6 Å². The molecular weight excluding hydrogens is 1420 g/mol. The Morgan fingerprint density at radius 1 is 0.312 bits per heavy atom. The van der Waals surface area contributed by atoms with Crippen LogP contribution in [0.4, 0.5) is 0 Å². The molecule has 3 aliphatic heterocycles. The molecule has 3 fully saturated rings. The smallest absolute Gasteiger partial charge is 0.220 e. The molecule has 664 valence electrons. The number of aliphatic hydroxyl groups excluding tert-OH is 11. The zero-order chi connectivity index (χ0) is 81.0. The highest BCUT2D eigenvalue weighted by molar-refractivity contribution is 5.76. The van der Waals surface area contributed by atoms with Crippen LogP contribution in [-0.4, -0.2) is 193 Å². The van der Waals surface area contributed by atoms with Gasteiger partial charge in [0.25, 0.3) is 0 Å². The van der Waals surface area contributed by atoms with E-state index in [0.717, 1.165) is 44.9 Å². The Bertz CT molecular complexity index is 2060. The number of carbonyl (C=O) groups is 1. The fourth-order valence-electron chi connectivity index (χ4n) is 16.7. The van der Waals surface area contributed by atoms with Crippen molar-refractivity contribution < 1.29 is 89.4 Å². The molecule has 112 heavy (non-hydrogen) atoms. The minimum Gasteiger partial charge on any atom is -0.394 e. The van der Waals surface area contributed by atoms with Crippen LogP contribution in [-0.2, 0) is 33.2 Å². The monoisotopic (exact) mass is 1600 g/mol. The van der Waals surface area contributed by atoms with E-state index in [9.17, 15) is 61.0 Å². The third-order valence-corrected chi connectivity index (χ3v) is 24.3. The van der Waals surface area contributed by atoms with Crippen molar-refractivity contribution in [2.75, 3.05) is 26.4 Å². The van der Waals surface area contributed by atoms with Crippen molar-refractivity contribution in [1.29, 1.82) is 0 Å². The number of allylic oxidation sites excluding steroid dienone is 1. The molecule has 3 aliphatic rings. The van der Waals surface area contributed by atoms with Crippen molar-refractivity contribution in [3.63, 3.8) is 0 Å². The molecule has 0 aromatic carbocycles. The highest BCUT2D eigenvalue weighted by atomic mass is 16.8. The maximum atomic E-state index is 13.5. The average molecular weight is 1600 g/mol. The molecule has 0 aliphatic carbocycles. The van der Waals surface area contributed by atoms with Crippen molar-refractivity contribution in [1.82, 2.24) is 5.32 Å². The number of ether oxygens (including phenoxy) is 6. The van der Waals surface area contributed by atoms with Crippen LogP contribution in [0.1, 0.15) is 444 Å². The molecule has 0 saturated carbocycles. The lowest BCUT2D eigenvalue weighted by Crippen LogP contribution is -2.66. The summed E-state index contributed by atoms with van der Waals surface area (Å²) in [6.45, 7) is 1.83. The molecule has 19 heteroatoms. The molecule has 0 spiro atoms. The number of aliphatic hydroxyl groups is 11. The fraction of sp³-hybridized carbons (Fsp3) is 0.968. The van der Waals surface area contributed by atoms with Gasteiger partial charge in [0.1, 0.15) is 73.2 Å². The predicted octanol–water partition coefficient (Wildman–Crippen LogP) is 19.0. The Hall–Kier alpha value is -1.47. The summed E-state index contributed by atoms with van der Waals surface area (Å²) in [4.78, 5) is 13.5. The number of hydrogen-bond acceptors (Lipinski definition) is 18. The second-order valence-electron chi connectivity index (χ2n) is 34.6. The van der Waals surface area contributed by atoms with E-state index in [2.05, 4.69) is 19.2 Å². The summed E-state index contributed by atoms with van der Waals surface area (Å²) in [6.07, 6.45) is 65.3. The predicted molar refractivity (Wildman–Crippen MR) is 453 cm³/mol. The number of carbonyl (C=O) groups excluding carboxylic acids is 1. The van der Waals surface area contributed by atoms with Gasteiger partial charge < -0.3 is 89.9 Å². The van der Waals surface area contributed by atoms with Gasteiger partial charge in [-0.1, -0.05) is 431 Å². The highest BCUT2D eigenvalue weighted by Crippen LogP contribution is 2.34. The maximum Gasteiger partial charge on any atom is 0.220 e. The first-order chi connectivity index (χ1) is 54.8. The lowest BCUT2D eigenvalue weighted by molar-refractivity contribution is -0.379. The molecule has 0 radical (unpaired) electrons. The van der Waals surface area contributed by atoms with Crippen LogP contribution in [0.2, 0.25) is 0 Å². The Morgan fingerprint density at radius 3 is 0.839 bits per heavy atom. The van der Waals surface area contributed by atoms with Gasteiger partial charge in [0.2, 0.25) is 5.91 Å². The van der Waals surface area contributed by atoms with Crippen molar-refractivity contribution >= 4 is 5.91 Å². The molecule has 3 saturated heterocycles. The number of amides is 1. The molecule has 3 rings (SSSR count). The lowest BCUT2D eigenvalue weighted by Gasteiger charge is -2.48. The van der Waals surface area contributed by atoms with E-state index in [4.69, 9.17) is 28.4 Å². The Balaban J connectivity index is 1.30. The van der Waals surface area contributed by atoms with E-state index in [1.807, 2.05) is 6.08 Å². The van der Waals surface area contributed by atoms with E-state index < -0.39 is 124 Å². The van der Waals surface area contributed by atoms with Gasteiger partial charge in [-0.15, -0.1) is 0 Å². The van der Waals surface area contributed by atoms with Crippen LogP contribution in [0.15, 0.2) is 12.2 Å². The molecule has 17 unspecified atom stereocenters. The molecule has 17 atom stereocenters. The first kappa shape index (κ1) is 105. The topological polar surface area (TPSA) is 307 Å². The summed E-state index contributed by atoms with van der Waals surface area (Å²) in [5.74, 6) is -0.264. The van der Waals surface area contributed by atoms with E-state index in [1.165, 1.54) is 372 Å². The Labute approximate surface area is 684 Å². The molecule has 0 aromatic heterocycles. The van der Waals surface area contributed by atoms with Gasteiger partial charge in [0, 0.05) is 6.42 Å². The van der Waals surface area contributed by atoms with Gasteiger partial charge >= 0.3 is 0 Å². The van der Waals surface area contributed by atoms with Crippen molar-refractivity contribution in [2.24, 2.45) is 0 Å². The minimum absolute atomic E-state index is 0.251. The van der Waals surface area contributed by atoms with Gasteiger partial charge in [0.15, 0.2) is 18.9 Å². The summed E-state index contributed by atoms with van der Waals surface area (Å²) in [5.41, 5.74) is 0. The van der Waals surface area contributed by atoms with Crippen LogP contribution in [0.25, 0.3) is 0 Å². The normalized spacial score (nSPS) is 24.9.